The number of nitrogens with zero attached hydrogens (tertiary/aromatic N) is 2. The first-order valence-electron chi connectivity index (χ1n) is 13.0. The van der Waals surface area contributed by atoms with E-state index in [1.807, 2.05) is 19.1 Å². The molecule has 1 aromatic heterocycles. The van der Waals surface area contributed by atoms with Gasteiger partial charge < -0.3 is 21.3 Å². The van der Waals surface area contributed by atoms with Crippen LogP contribution in [0.25, 0.3) is 5.69 Å². The molecular weight excluding hydrogens is 484 g/mol. The molecular formula is C29H34N4O5. The fraction of sp³-hybridized carbons (Fsp3) is 0.414. The molecule has 2 aromatic carbocycles. The number of ether oxygens (including phenoxy) is 1. The summed E-state index contributed by atoms with van der Waals surface area (Å²) >= 11 is 0. The molecule has 1 amide bonds. The molecule has 0 radical (unpaired) electrons. The van der Waals surface area contributed by atoms with Gasteiger partial charge in [0.25, 0.3) is 11.5 Å². The number of amides is 1. The molecule has 200 valence electrons. The van der Waals surface area contributed by atoms with Crippen LogP contribution < -0.4 is 27.5 Å². The van der Waals surface area contributed by atoms with Gasteiger partial charge in [-0.05, 0) is 76.1 Å². The summed E-state index contributed by atoms with van der Waals surface area (Å²) in [6.45, 7) is 9.02. The minimum absolute atomic E-state index is 0.0299. The van der Waals surface area contributed by atoms with E-state index in [1.165, 1.54) is 14.7 Å². The van der Waals surface area contributed by atoms with Crippen molar-refractivity contribution in [3.63, 3.8) is 0 Å². The van der Waals surface area contributed by atoms with Gasteiger partial charge >= 0.3 is 5.69 Å². The molecule has 0 fully saturated rings. The maximum Gasteiger partial charge on any atom is 0.337 e. The van der Waals surface area contributed by atoms with Crippen LogP contribution in [0, 0.1) is 13.8 Å². The Balaban J connectivity index is 1.91. The summed E-state index contributed by atoms with van der Waals surface area (Å²) in [4.78, 5) is 40.3. The molecule has 38 heavy (non-hydrogen) atoms. The van der Waals surface area contributed by atoms with Crippen LogP contribution in [-0.4, -0.2) is 25.7 Å². The number of nitrogens with two attached hydrogens (primary N) is 2. The maximum atomic E-state index is 14.0. The highest BCUT2D eigenvalue weighted by atomic mass is 16.5. The van der Waals surface area contributed by atoms with E-state index in [0.717, 1.165) is 24.8 Å². The number of nitrogen functional groups attached to an aromatic ring is 1. The molecule has 2 aliphatic rings. The zero-order valence-corrected chi connectivity index (χ0v) is 22.5. The fourth-order valence-electron chi connectivity index (χ4n) is 6.33. The Bertz CT molecular complexity index is 1630. The number of primary amides is 1. The highest BCUT2D eigenvalue weighted by molar-refractivity contribution is 5.99. The topological polar surface area (TPSA) is 143 Å². The van der Waals surface area contributed by atoms with Gasteiger partial charge in [-0.1, -0.05) is 19.1 Å². The van der Waals surface area contributed by atoms with Gasteiger partial charge in [0.05, 0.1) is 22.7 Å². The highest BCUT2D eigenvalue weighted by Crippen LogP contribution is 2.54. The van der Waals surface area contributed by atoms with Gasteiger partial charge in [-0.15, -0.1) is 0 Å². The average molecular weight is 519 g/mol. The molecule has 3 aromatic rings. The summed E-state index contributed by atoms with van der Waals surface area (Å²) in [7, 11) is 0. The number of aryl methyl sites for hydroxylation is 1. The van der Waals surface area contributed by atoms with Crippen LogP contribution in [0.1, 0.15) is 83.3 Å². The molecule has 1 aliphatic carbocycles. The third-order valence-corrected chi connectivity index (χ3v) is 8.07. The van der Waals surface area contributed by atoms with Gasteiger partial charge in [0.15, 0.2) is 0 Å². The number of fused-ring (bicyclic) bond motifs is 2. The second-order valence-corrected chi connectivity index (χ2v) is 10.9. The standard InChI is InChI=1S/C29H34N4O5/c1-6-13-32-27(36)21(25(30)33(28(32)37)18-12-8-10-16-9-7-11-17(16)18)22-19-14(2)23(34)15(3)20(26(31)35)24(19)38-29(22,4)5/h8,10,12,22,34H,6-7,9,11,13,30H2,1-5H3,(H2,31,35). The number of hydrogen-bond acceptors (Lipinski definition) is 6. The van der Waals surface area contributed by atoms with Crippen LogP contribution in [0.4, 0.5) is 5.82 Å². The Labute approximate surface area is 220 Å². The van der Waals surface area contributed by atoms with E-state index < -0.39 is 28.7 Å². The summed E-state index contributed by atoms with van der Waals surface area (Å²) in [6.07, 6.45) is 3.28. The molecule has 0 spiro atoms. The number of phenolic OH excluding ortho intramolecular Hbond substituents is 1. The Hall–Kier alpha value is -4.01. The van der Waals surface area contributed by atoms with E-state index in [0.29, 0.717) is 28.8 Å². The van der Waals surface area contributed by atoms with Crippen molar-refractivity contribution in [2.24, 2.45) is 5.73 Å². The fourth-order valence-corrected chi connectivity index (χ4v) is 6.33. The number of benzene rings is 2. The lowest BCUT2D eigenvalue weighted by atomic mass is 9.78. The largest absolute Gasteiger partial charge is 0.507 e. The van der Waals surface area contributed by atoms with E-state index >= 15 is 0 Å². The van der Waals surface area contributed by atoms with Crippen LogP contribution in [0.3, 0.4) is 0 Å². The predicted molar refractivity (Wildman–Crippen MR) is 146 cm³/mol. The van der Waals surface area contributed by atoms with Crippen LogP contribution in [-0.2, 0) is 19.4 Å². The van der Waals surface area contributed by atoms with Gasteiger partial charge in [0.1, 0.15) is 22.9 Å². The summed E-state index contributed by atoms with van der Waals surface area (Å²) in [5.74, 6) is -1.35. The van der Waals surface area contributed by atoms with E-state index in [-0.39, 0.29) is 35.0 Å². The molecule has 5 rings (SSSR count). The molecule has 9 nitrogen and oxygen atoms in total. The first-order chi connectivity index (χ1) is 17.9. The van der Waals surface area contributed by atoms with Crippen LogP contribution >= 0.6 is 0 Å². The molecule has 1 unspecified atom stereocenters. The number of phenols is 1. The average Bonchev–Trinajstić information content (AvgIpc) is 3.43. The number of carbonyl (C=O) groups excluding carboxylic acids is 1. The first kappa shape index (κ1) is 25.6. The zero-order valence-electron chi connectivity index (χ0n) is 22.5. The summed E-state index contributed by atoms with van der Waals surface area (Å²) in [5, 5.41) is 11.0. The molecule has 2 heterocycles. The van der Waals surface area contributed by atoms with Crippen molar-refractivity contribution in [1.82, 2.24) is 9.13 Å². The molecule has 0 bridgehead atoms. The zero-order chi connectivity index (χ0) is 27.7. The van der Waals surface area contributed by atoms with Gasteiger partial charge in [-0.2, -0.15) is 0 Å². The number of aromatic nitrogens is 2. The van der Waals surface area contributed by atoms with Gasteiger partial charge in [0.2, 0.25) is 0 Å². The molecule has 9 heteroatoms. The maximum absolute atomic E-state index is 14.0. The Morgan fingerprint density at radius 2 is 1.87 bits per heavy atom. The van der Waals surface area contributed by atoms with E-state index in [1.54, 1.807) is 27.7 Å². The molecule has 1 aliphatic heterocycles. The second kappa shape index (κ2) is 8.79. The molecule has 0 saturated carbocycles. The second-order valence-electron chi connectivity index (χ2n) is 10.9. The van der Waals surface area contributed by atoms with Crippen molar-refractivity contribution in [2.45, 2.75) is 78.4 Å². The first-order valence-corrected chi connectivity index (χ1v) is 13.0. The third-order valence-electron chi connectivity index (χ3n) is 8.07. The Kier molecular flexibility index (Phi) is 5.93. The van der Waals surface area contributed by atoms with E-state index in [4.69, 9.17) is 16.2 Å². The van der Waals surface area contributed by atoms with Crippen LogP contribution in [0.5, 0.6) is 11.5 Å². The van der Waals surface area contributed by atoms with Crippen LogP contribution in [0.2, 0.25) is 0 Å². The molecule has 0 saturated heterocycles. The number of carbonyl (C=O) groups is 1. The monoisotopic (exact) mass is 518 g/mol. The smallest absolute Gasteiger partial charge is 0.337 e. The number of anilines is 1. The Morgan fingerprint density at radius 1 is 1.16 bits per heavy atom. The van der Waals surface area contributed by atoms with Crippen molar-refractivity contribution >= 4 is 11.7 Å². The minimum atomic E-state index is -1.05. The molecule has 1 atom stereocenters. The molecule has 5 N–H and O–H groups in total. The lowest BCUT2D eigenvalue weighted by Crippen LogP contribution is -2.45. The minimum Gasteiger partial charge on any atom is -0.507 e. The van der Waals surface area contributed by atoms with Gasteiger partial charge in [0, 0.05) is 17.7 Å². The summed E-state index contributed by atoms with van der Waals surface area (Å²) in [5.41, 5.74) is 14.9. The predicted octanol–water partition coefficient (Wildman–Crippen LogP) is 3.20. The third kappa shape index (κ3) is 3.48. The lowest BCUT2D eigenvalue weighted by Gasteiger charge is -2.29. The number of rotatable bonds is 5. The van der Waals surface area contributed by atoms with Gasteiger partial charge in [-0.25, -0.2) is 9.36 Å². The lowest BCUT2D eigenvalue weighted by molar-refractivity contribution is 0.0976. The van der Waals surface area contributed by atoms with Crippen LogP contribution in [0.15, 0.2) is 27.8 Å². The highest BCUT2D eigenvalue weighted by Gasteiger charge is 2.49. The van der Waals surface area contributed by atoms with Crippen molar-refractivity contribution < 1.29 is 14.6 Å². The van der Waals surface area contributed by atoms with Crippen molar-refractivity contribution in [3.8, 4) is 17.2 Å². The SMILES string of the molecule is CCCn1c(=O)c(C2c3c(C)c(O)c(C)c(C(N)=O)c3OC2(C)C)c(N)n(-c2cccc3c2CCC3)c1=O. The summed E-state index contributed by atoms with van der Waals surface area (Å²) in [6, 6.07) is 5.82. The Morgan fingerprint density at radius 3 is 2.53 bits per heavy atom. The van der Waals surface area contributed by atoms with E-state index in [2.05, 4.69) is 6.07 Å². The van der Waals surface area contributed by atoms with Crippen molar-refractivity contribution in [3.05, 3.63) is 78.0 Å². The number of hydrogen-bond donors (Lipinski definition) is 3. The normalized spacial score (nSPS) is 17.2. The summed E-state index contributed by atoms with van der Waals surface area (Å²) < 4.78 is 9.00. The van der Waals surface area contributed by atoms with E-state index in [9.17, 15) is 19.5 Å². The van der Waals surface area contributed by atoms with Gasteiger partial charge in [-0.3, -0.25) is 14.2 Å². The van der Waals surface area contributed by atoms with Crippen molar-refractivity contribution in [1.29, 1.82) is 0 Å². The van der Waals surface area contributed by atoms with Crippen molar-refractivity contribution in [2.75, 3.05) is 5.73 Å². The quantitative estimate of drug-likeness (QED) is 0.473. The number of aromatic hydroxyl groups is 1.